The number of ether oxygens (including phenoxy) is 1. The molecule has 21 heavy (non-hydrogen) atoms. The Morgan fingerprint density at radius 2 is 1.95 bits per heavy atom. The molecule has 0 bridgehead atoms. The molecule has 0 aliphatic carbocycles. The predicted molar refractivity (Wildman–Crippen MR) is 82.8 cm³/mol. The van der Waals surface area contributed by atoms with Gasteiger partial charge in [-0.05, 0) is 25.0 Å². The first kappa shape index (κ1) is 16.8. The van der Waals surface area contributed by atoms with Crippen LogP contribution in [0.2, 0.25) is 0 Å². The lowest BCUT2D eigenvalue weighted by Gasteiger charge is -2.33. The zero-order valence-electron chi connectivity index (χ0n) is 13.0. The van der Waals surface area contributed by atoms with Crippen LogP contribution < -0.4 is 15.4 Å². The summed E-state index contributed by atoms with van der Waals surface area (Å²) in [7, 11) is 3.21. The van der Waals surface area contributed by atoms with Crippen LogP contribution in [0.4, 0.5) is 5.69 Å². The van der Waals surface area contributed by atoms with E-state index in [9.17, 15) is 4.79 Å². The summed E-state index contributed by atoms with van der Waals surface area (Å²) in [5.74, 6) is 0.292. The van der Waals surface area contributed by atoms with E-state index in [0.717, 1.165) is 0 Å². The molecule has 0 aliphatic rings. The van der Waals surface area contributed by atoms with Gasteiger partial charge in [0.25, 0.3) is 0 Å². The number of hydrogen-bond acceptors (Lipinski definition) is 4. The van der Waals surface area contributed by atoms with Crippen LogP contribution in [0.3, 0.4) is 0 Å². The first-order valence-corrected chi connectivity index (χ1v) is 6.87. The Balaban J connectivity index is 3.27. The van der Waals surface area contributed by atoms with Crippen molar-refractivity contribution < 1.29 is 14.7 Å². The van der Waals surface area contributed by atoms with Gasteiger partial charge in [-0.25, -0.2) is 0 Å². The van der Waals surface area contributed by atoms with Crippen molar-refractivity contribution in [1.82, 2.24) is 0 Å². The Kier molecular flexibility index (Phi) is 5.58. The quantitative estimate of drug-likeness (QED) is 0.364. The molecule has 0 aromatic heterocycles. The number of rotatable bonds is 6. The molecule has 0 atom stereocenters. The van der Waals surface area contributed by atoms with Gasteiger partial charge < -0.3 is 20.6 Å². The Morgan fingerprint density at radius 1 is 1.38 bits per heavy atom. The van der Waals surface area contributed by atoms with E-state index in [1.165, 1.54) is 4.90 Å². The normalized spacial score (nSPS) is 12.1. The van der Waals surface area contributed by atoms with Crippen molar-refractivity contribution in [2.75, 3.05) is 19.1 Å². The van der Waals surface area contributed by atoms with Crippen LogP contribution in [0.1, 0.15) is 26.7 Å². The second kappa shape index (κ2) is 6.97. The summed E-state index contributed by atoms with van der Waals surface area (Å²) in [5, 5.41) is 12.1. The highest BCUT2D eigenvalue weighted by Gasteiger charge is 2.42. The average molecular weight is 293 g/mol. The van der Waals surface area contributed by atoms with E-state index in [-0.39, 0.29) is 11.7 Å². The van der Waals surface area contributed by atoms with Crippen LogP contribution in [0.25, 0.3) is 0 Å². The number of benzene rings is 1. The fraction of sp³-hybridized carbons (Fsp3) is 0.467. The maximum absolute atomic E-state index is 12.9. The molecule has 0 spiro atoms. The smallest absolute Gasteiger partial charge is 0.240 e. The molecule has 6 nitrogen and oxygen atoms in total. The van der Waals surface area contributed by atoms with Crippen LogP contribution in [0, 0.1) is 5.41 Å². The van der Waals surface area contributed by atoms with Gasteiger partial charge in [0.15, 0.2) is 5.84 Å². The third-order valence-corrected chi connectivity index (χ3v) is 3.97. The molecule has 3 N–H and O–H groups in total. The van der Waals surface area contributed by atoms with E-state index < -0.39 is 5.41 Å². The molecular formula is C15H23N3O3. The molecule has 0 saturated carbocycles. The summed E-state index contributed by atoms with van der Waals surface area (Å²) in [4.78, 5) is 14.4. The highest BCUT2D eigenvalue weighted by Crippen LogP contribution is 2.34. The van der Waals surface area contributed by atoms with Gasteiger partial charge in [0, 0.05) is 7.05 Å². The Morgan fingerprint density at radius 3 is 2.43 bits per heavy atom. The molecule has 1 aromatic rings. The van der Waals surface area contributed by atoms with Gasteiger partial charge in [0.1, 0.15) is 11.2 Å². The Bertz CT molecular complexity index is 525. The van der Waals surface area contributed by atoms with E-state index in [0.29, 0.717) is 24.3 Å². The largest absolute Gasteiger partial charge is 0.495 e. The lowest BCUT2D eigenvalue weighted by Crippen LogP contribution is -2.50. The van der Waals surface area contributed by atoms with Gasteiger partial charge in [-0.3, -0.25) is 4.79 Å². The van der Waals surface area contributed by atoms with E-state index in [1.54, 1.807) is 26.3 Å². The summed E-state index contributed by atoms with van der Waals surface area (Å²) >= 11 is 0. The van der Waals surface area contributed by atoms with Crippen molar-refractivity contribution in [3.63, 3.8) is 0 Å². The van der Waals surface area contributed by atoms with Gasteiger partial charge in [0.2, 0.25) is 5.91 Å². The summed E-state index contributed by atoms with van der Waals surface area (Å²) in [5.41, 5.74) is 5.40. The van der Waals surface area contributed by atoms with Crippen LogP contribution in [-0.4, -0.2) is 31.1 Å². The van der Waals surface area contributed by atoms with Crippen molar-refractivity contribution >= 4 is 17.4 Å². The number of oxime groups is 1. The van der Waals surface area contributed by atoms with E-state index >= 15 is 0 Å². The molecular weight excluding hydrogens is 270 g/mol. The van der Waals surface area contributed by atoms with Crippen molar-refractivity contribution in [3.8, 4) is 5.75 Å². The van der Waals surface area contributed by atoms with Gasteiger partial charge in [-0.2, -0.15) is 0 Å². The minimum Gasteiger partial charge on any atom is -0.495 e. The molecule has 1 aromatic carbocycles. The topological polar surface area (TPSA) is 88.2 Å². The number of hydrogen-bond donors (Lipinski definition) is 2. The predicted octanol–water partition coefficient (Wildman–Crippen LogP) is 2.21. The lowest BCUT2D eigenvalue weighted by atomic mass is 9.79. The highest BCUT2D eigenvalue weighted by molar-refractivity contribution is 6.13. The number of carbonyl (C=O) groups is 1. The van der Waals surface area contributed by atoms with E-state index in [1.807, 2.05) is 26.0 Å². The number of carbonyl (C=O) groups excluding carboxylic acids is 1. The minimum atomic E-state index is -1.02. The molecule has 0 aliphatic heterocycles. The minimum absolute atomic E-state index is 0.0701. The number of nitrogens with two attached hydrogens (primary N) is 1. The van der Waals surface area contributed by atoms with Crippen molar-refractivity contribution in [2.24, 2.45) is 16.3 Å². The van der Waals surface area contributed by atoms with Gasteiger partial charge in [-0.1, -0.05) is 31.1 Å². The monoisotopic (exact) mass is 293 g/mol. The zero-order chi connectivity index (χ0) is 16.0. The van der Waals surface area contributed by atoms with Gasteiger partial charge >= 0.3 is 0 Å². The second-order valence-corrected chi connectivity index (χ2v) is 4.81. The third-order valence-electron chi connectivity index (χ3n) is 3.97. The molecule has 0 unspecified atom stereocenters. The zero-order valence-corrected chi connectivity index (χ0v) is 13.0. The highest BCUT2D eigenvalue weighted by atomic mass is 16.5. The van der Waals surface area contributed by atoms with Crippen LogP contribution in [0.15, 0.2) is 29.4 Å². The van der Waals surface area contributed by atoms with E-state index in [4.69, 9.17) is 15.7 Å². The number of methoxy groups -OCH3 is 1. The molecule has 116 valence electrons. The first-order valence-electron chi connectivity index (χ1n) is 6.87. The first-order chi connectivity index (χ1) is 9.98. The van der Waals surface area contributed by atoms with E-state index in [2.05, 4.69) is 5.16 Å². The molecule has 1 rings (SSSR count). The average Bonchev–Trinajstić information content (AvgIpc) is 2.55. The Labute approximate surface area is 125 Å². The number of amides is 1. The molecule has 0 fully saturated rings. The summed E-state index contributed by atoms with van der Waals surface area (Å²) < 4.78 is 5.28. The van der Waals surface area contributed by atoms with Gasteiger partial charge in [0.05, 0.1) is 12.8 Å². The van der Waals surface area contributed by atoms with Crippen LogP contribution in [-0.2, 0) is 4.79 Å². The van der Waals surface area contributed by atoms with Crippen molar-refractivity contribution in [1.29, 1.82) is 0 Å². The fourth-order valence-corrected chi connectivity index (χ4v) is 2.46. The summed E-state index contributed by atoms with van der Waals surface area (Å²) in [6, 6.07) is 7.23. The number of nitrogens with zero attached hydrogens (tertiary/aromatic N) is 2. The standard InChI is InChI=1S/C15H23N3O3/c1-5-15(6-2,13(16)17-20)14(19)18(3)11-9-7-8-10-12(11)21-4/h7-10,20H,5-6H2,1-4H3,(H2,16,17). The molecule has 0 saturated heterocycles. The molecule has 0 heterocycles. The lowest BCUT2D eigenvalue weighted by molar-refractivity contribution is -0.125. The van der Waals surface area contributed by atoms with Gasteiger partial charge in [-0.15, -0.1) is 0 Å². The Hall–Kier alpha value is -2.24. The fourth-order valence-electron chi connectivity index (χ4n) is 2.46. The number of para-hydroxylation sites is 2. The van der Waals surface area contributed by atoms with Crippen LogP contribution in [0.5, 0.6) is 5.75 Å². The van der Waals surface area contributed by atoms with Crippen LogP contribution >= 0.6 is 0 Å². The maximum atomic E-state index is 12.9. The molecule has 1 amide bonds. The van der Waals surface area contributed by atoms with Crippen molar-refractivity contribution in [3.05, 3.63) is 24.3 Å². The second-order valence-electron chi connectivity index (χ2n) is 4.81. The number of anilines is 1. The van der Waals surface area contributed by atoms with Crippen molar-refractivity contribution in [2.45, 2.75) is 26.7 Å². The molecule has 0 radical (unpaired) electrons. The SMILES string of the molecule is CCC(CC)(C(=O)N(C)c1ccccc1OC)C(N)=NO. The third kappa shape index (κ3) is 2.94. The molecule has 6 heteroatoms. The maximum Gasteiger partial charge on any atom is 0.240 e. The summed E-state index contributed by atoms with van der Waals surface area (Å²) in [6.07, 6.45) is 0.884. The number of amidine groups is 1. The summed E-state index contributed by atoms with van der Waals surface area (Å²) in [6.45, 7) is 3.69.